The molecule has 5 nitrogen and oxygen atoms in total. The van der Waals surface area contributed by atoms with E-state index in [4.69, 9.17) is 11.1 Å². The van der Waals surface area contributed by atoms with Crippen LogP contribution in [0.25, 0.3) is 0 Å². The van der Waals surface area contributed by atoms with E-state index in [1.807, 2.05) is 20.8 Å². The van der Waals surface area contributed by atoms with E-state index in [1.165, 1.54) is 4.31 Å². The topological polar surface area (TPSA) is 87.2 Å². The van der Waals surface area contributed by atoms with Crippen molar-refractivity contribution in [3.05, 3.63) is 0 Å². The van der Waals surface area contributed by atoms with E-state index in [1.54, 1.807) is 6.92 Å². The number of amidine groups is 1. The summed E-state index contributed by atoms with van der Waals surface area (Å²) in [5, 5.41) is 7.13. The van der Waals surface area contributed by atoms with E-state index in [9.17, 15) is 8.42 Å². The Balaban J connectivity index is 4.56. The fourth-order valence-electron chi connectivity index (χ4n) is 1.16. The predicted molar refractivity (Wildman–Crippen MR) is 67.0 cm³/mol. The molecule has 16 heavy (non-hydrogen) atoms. The molecule has 0 aromatic carbocycles. The first-order chi connectivity index (χ1) is 7.08. The van der Waals surface area contributed by atoms with Gasteiger partial charge in [-0.2, -0.15) is 4.31 Å². The van der Waals surface area contributed by atoms with Crippen LogP contribution < -0.4 is 5.73 Å². The summed E-state index contributed by atoms with van der Waals surface area (Å²) in [4.78, 5) is 0. The van der Waals surface area contributed by atoms with Crippen LogP contribution in [0.4, 0.5) is 0 Å². The summed E-state index contributed by atoms with van der Waals surface area (Å²) >= 11 is 0. The van der Waals surface area contributed by atoms with Gasteiger partial charge in [0.05, 0.1) is 12.3 Å². The molecule has 0 heterocycles. The van der Waals surface area contributed by atoms with E-state index in [0.29, 0.717) is 13.0 Å². The number of hydrogen-bond acceptors (Lipinski definition) is 3. The first kappa shape index (κ1) is 15.4. The first-order valence-corrected chi connectivity index (χ1v) is 7.00. The van der Waals surface area contributed by atoms with Crippen LogP contribution in [0.15, 0.2) is 0 Å². The highest BCUT2D eigenvalue weighted by Gasteiger charge is 2.23. The van der Waals surface area contributed by atoms with E-state index < -0.39 is 10.0 Å². The van der Waals surface area contributed by atoms with Gasteiger partial charge in [-0.1, -0.05) is 27.7 Å². The minimum atomic E-state index is -3.29. The molecule has 6 heteroatoms. The lowest BCUT2D eigenvalue weighted by Gasteiger charge is -2.23. The standard InChI is InChI=1S/C10H23N3O2S/c1-5-13(8-9(11)12)16(14,15)7-6-10(2,3)4/h5-8H2,1-4H3,(H3,11,12). The van der Waals surface area contributed by atoms with Crippen LogP contribution in [0.1, 0.15) is 34.1 Å². The molecular weight excluding hydrogens is 226 g/mol. The lowest BCUT2D eigenvalue weighted by Crippen LogP contribution is -2.39. The second-order valence-electron chi connectivity index (χ2n) is 5.08. The Kier molecular flexibility index (Phi) is 5.41. The Morgan fingerprint density at radius 2 is 1.88 bits per heavy atom. The maximum absolute atomic E-state index is 11.9. The Labute approximate surface area is 98.6 Å². The summed E-state index contributed by atoms with van der Waals surface area (Å²) < 4.78 is 25.1. The molecule has 0 aliphatic carbocycles. The average Bonchev–Trinajstić information content (AvgIpc) is 2.09. The third kappa shape index (κ3) is 6.07. The van der Waals surface area contributed by atoms with Crippen molar-refractivity contribution < 1.29 is 8.42 Å². The van der Waals surface area contributed by atoms with Crippen LogP contribution in [-0.4, -0.2) is 37.4 Å². The van der Waals surface area contributed by atoms with Crippen molar-refractivity contribution in [3.8, 4) is 0 Å². The molecule has 0 aromatic rings. The molecule has 0 aromatic heterocycles. The average molecular weight is 249 g/mol. The van der Waals surface area contributed by atoms with Gasteiger partial charge < -0.3 is 5.73 Å². The fourth-order valence-corrected chi connectivity index (χ4v) is 3.02. The summed E-state index contributed by atoms with van der Waals surface area (Å²) in [5.41, 5.74) is 5.21. The van der Waals surface area contributed by atoms with Crippen molar-refractivity contribution >= 4 is 15.9 Å². The summed E-state index contributed by atoms with van der Waals surface area (Å²) in [6.45, 7) is 8.10. The molecule has 0 saturated carbocycles. The van der Waals surface area contributed by atoms with Crippen molar-refractivity contribution in [1.29, 1.82) is 5.41 Å². The molecule has 96 valence electrons. The van der Waals surface area contributed by atoms with Gasteiger partial charge in [-0.3, -0.25) is 5.41 Å². The third-order valence-electron chi connectivity index (χ3n) is 2.20. The molecule has 0 fully saturated rings. The minimum Gasteiger partial charge on any atom is -0.387 e. The van der Waals surface area contributed by atoms with Crippen LogP contribution in [0.5, 0.6) is 0 Å². The zero-order valence-corrected chi connectivity index (χ0v) is 11.4. The Bertz CT molecular complexity index is 330. The quantitative estimate of drug-likeness (QED) is 0.544. The molecule has 0 rings (SSSR count). The van der Waals surface area contributed by atoms with Crippen molar-refractivity contribution in [3.63, 3.8) is 0 Å². The number of rotatable bonds is 6. The number of nitrogens with two attached hydrogens (primary N) is 1. The number of likely N-dealkylation sites (N-methyl/N-ethyl adjacent to an activating group) is 1. The summed E-state index contributed by atoms with van der Waals surface area (Å²) in [6.07, 6.45) is 0.601. The van der Waals surface area contributed by atoms with Crippen molar-refractivity contribution in [1.82, 2.24) is 4.31 Å². The highest BCUT2D eigenvalue weighted by molar-refractivity contribution is 7.89. The molecule has 3 N–H and O–H groups in total. The second-order valence-corrected chi connectivity index (χ2v) is 7.17. The van der Waals surface area contributed by atoms with Crippen LogP contribution in [0, 0.1) is 10.8 Å². The van der Waals surface area contributed by atoms with E-state index in [0.717, 1.165) is 0 Å². The number of nitrogens with one attached hydrogen (secondary N) is 1. The van der Waals surface area contributed by atoms with E-state index >= 15 is 0 Å². The molecule has 0 aliphatic heterocycles. The van der Waals surface area contributed by atoms with Gasteiger partial charge in [-0.05, 0) is 11.8 Å². The number of sulfonamides is 1. The van der Waals surface area contributed by atoms with Crippen molar-refractivity contribution in [2.75, 3.05) is 18.8 Å². The van der Waals surface area contributed by atoms with Crippen molar-refractivity contribution in [2.24, 2.45) is 11.1 Å². The molecule has 0 saturated heterocycles. The van der Waals surface area contributed by atoms with Crippen LogP contribution in [0.3, 0.4) is 0 Å². The number of hydrogen-bond donors (Lipinski definition) is 2. The molecule has 0 atom stereocenters. The molecule has 0 spiro atoms. The first-order valence-electron chi connectivity index (χ1n) is 5.39. The second kappa shape index (κ2) is 5.63. The lowest BCUT2D eigenvalue weighted by molar-refractivity contribution is 0.388. The van der Waals surface area contributed by atoms with Crippen LogP contribution in [0.2, 0.25) is 0 Å². The minimum absolute atomic E-state index is 0.0109. The largest absolute Gasteiger partial charge is 0.387 e. The van der Waals surface area contributed by atoms with Crippen LogP contribution in [-0.2, 0) is 10.0 Å². The van der Waals surface area contributed by atoms with E-state index in [-0.39, 0.29) is 23.5 Å². The van der Waals surface area contributed by atoms with Gasteiger partial charge in [0, 0.05) is 6.54 Å². The summed E-state index contributed by atoms with van der Waals surface area (Å²) in [7, 11) is -3.29. The van der Waals surface area contributed by atoms with Crippen LogP contribution >= 0.6 is 0 Å². The SMILES string of the molecule is CCN(CC(=N)N)S(=O)(=O)CCC(C)(C)C. The van der Waals surface area contributed by atoms with Gasteiger partial charge in [0.15, 0.2) is 0 Å². The smallest absolute Gasteiger partial charge is 0.214 e. The van der Waals surface area contributed by atoms with Gasteiger partial charge in [0.25, 0.3) is 0 Å². The molecule has 0 radical (unpaired) electrons. The maximum Gasteiger partial charge on any atom is 0.214 e. The Morgan fingerprint density at radius 3 is 2.19 bits per heavy atom. The predicted octanol–water partition coefficient (Wildman–Crippen LogP) is 1.01. The van der Waals surface area contributed by atoms with Crippen molar-refractivity contribution in [2.45, 2.75) is 34.1 Å². The Hall–Kier alpha value is -0.620. The van der Waals surface area contributed by atoms with Gasteiger partial charge in [-0.25, -0.2) is 8.42 Å². The normalized spacial score (nSPS) is 13.1. The molecule has 0 aliphatic rings. The van der Waals surface area contributed by atoms with Gasteiger partial charge in [-0.15, -0.1) is 0 Å². The maximum atomic E-state index is 11.9. The lowest BCUT2D eigenvalue weighted by atomic mass is 9.94. The van der Waals surface area contributed by atoms with Gasteiger partial charge in [0.1, 0.15) is 5.84 Å². The zero-order valence-electron chi connectivity index (χ0n) is 10.6. The molecule has 0 bridgehead atoms. The molecule has 0 amide bonds. The number of nitrogens with zero attached hydrogens (tertiary/aromatic N) is 1. The molecular formula is C10H23N3O2S. The zero-order chi connectivity index (χ0) is 13.0. The fraction of sp³-hybridized carbons (Fsp3) is 0.900. The van der Waals surface area contributed by atoms with Gasteiger partial charge in [0.2, 0.25) is 10.0 Å². The van der Waals surface area contributed by atoms with E-state index in [2.05, 4.69) is 0 Å². The van der Waals surface area contributed by atoms with Gasteiger partial charge >= 0.3 is 0 Å². The highest BCUT2D eigenvalue weighted by Crippen LogP contribution is 2.20. The monoisotopic (exact) mass is 249 g/mol. The molecule has 0 unspecified atom stereocenters. The third-order valence-corrected chi connectivity index (χ3v) is 4.10. The summed E-state index contributed by atoms with van der Waals surface area (Å²) in [5.74, 6) is -0.0152. The summed E-state index contributed by atoms with van der Waals surface area (Å²) in [6, 6.07) is 0. The Morgan fingerprint density at radius 1 is 1.38 bits per heavy atom. The highest BCUT2D eigenvalue weighted by atomic mass is 32.2.